The van der Waals surface area contributed by atoms with E-state index in [1.807, 2.05) is 37.3 Å². The molecule has 1 N–H and O–H groups in total. The summed E-state index contributed by atoms with van der Waals surface area (Å²) < 4.78 is 16.1. The summed E-state index contributed by atoms with van der Waals surface area (Å²) in [6, 6.07) is 23.4. The molecule has 154 valence electrons. The number of amides is 1. The van der Waals surface area contributed by atoms with Crippen LogP contribution in [-0.4, -0.2) is 25.1 Å². The first kappa shape index (κ1) is 20.9. The Morgan fingerprint density at radius 2 is 1.43 bits per heavy atom. The van der Waals surface area contributed by atoms with Crippen LogP contribution < -0.4 is 14.8 Å². The Morgan fingerprint density at radius 3 is 2.10 bits per heavy atom. The van der Waals surface area contributed by atoms with Crippen molar-refractivity contribution in [2.45, 2.75) is 13.5 Å². The molecule has 1 amide bonds. The standard InChI is InChI=1S/C24H23NO5/c1-2-28-21-12-8-19(9-13-21)24(27)30-17-23(26)25-20-10-14-22(15-11-20)29-16-18-6-4-3-5-7-18/h3-15H,2,16-17H2,1H3,(H,25,26). The molecule has 0 aliphatic heterocycles. The second-order valence-corrected chi connectivity index (χ2v) is 6.38. The highest BCUT2D eigenvalue weighted by Gasteiger charge is 2.11. The van der Waals surface area contributed by atoms with Crippen molar-refractivity contribution in [3.8, 4) is 11.5 Å². The lowest BCUT2D eigenvalue weighted by molar-refractivity contribution is -0.119. The molecule has 0 saturated carbocycles. The molecule has 0 atom stereocenters. The molecule has 0 aromatic heterocycles. The third-order valence-corrected chi connectivity index (χ3v) is 4.12. The van der Waals surface area contributed by atoms with Crippen LogP contribution in [0.15, 0.2) is 78.9 Å². The molecule has 0 heterocycles. The fourth-order valence-corrected chi connectivity index (χ4v) is 2.64. The van der Waals surface area contributed by atoms with Gasteiger partial charge in [-0.3, -0.25) is 4.79 Å². The Balaban J connectivity index is 1.43. The second kappa shape index (κ2) is 10.7. The van der Waals surface area contributed by atoms with E-state index >= 15 is 0 Å². The highest BCUT2D eigenvalue weighted by atomic mass is 16.5. The summed E-state index contributed by atoms with van der Waals surface area (Å²) >= 11 is 0. The van der Waals surface area contributed by atoms with Crippen molar-refractivity contribution in [3.05, 3.63) is 90.0 Å². The fraction of sp³-hybridized carbons (Fsp3) is 0.167. The summed E-state index contributed by atoms with van der Waals surface area (Å²) in [6.45, 7) is 2.52. The molecule has 0 bridgehead atoms. The smallest absolute Gasteiger partial charge is 0.338 e. The molecule has 0 fully saturated rings. The van der Waals surface area contributed by atoms with Gasteiger partial charge in [0.1, 0.15) is 18.1 Å². The molecular formula is C24H23NO5. The molecule has 0 spiro atoms. The van der Waals surface area contributed by atoms with Gasteiger partial charge in [0, 0.05) is 5.69 Å². The molecule has 0 aliphatic carbocycles. The summed E-state index contributed by atoms with van der Waals surface area (Å²) in [5, 5.41) is 2.68. The van der Waals surface area contributed by atoms with Crippen LogP contribution in [0.25, 0.3) is 0 Å². The topological polar surface area (TPSA) is 73.9 Å². The normalized spacial score (nSPS) is 10.2. The van der Waals surface area contributed by atoms with Gasteiger partial charge in [0.15, 0.2) is 6.61 Å². The Kier molecular flexibility index (Phi) is 7.44. The summed E-state index contributed by atoms with van der Waals surface area (Å²) in [4.78, 5) is 24.1. The van der Waals surface area contributed by atoms with E-state index in [1.165, 1.54) is 0 Å². The summed E-state index contributed by atoms with van der Waals surface area (Å²) in [5.41, 5.74) is 2.01. The number of anilines is 1. The number of hydrogen-bond acceptors (Lipinski definition) is 5. The minimum atomic E-state index is -0.571. The number of rotatable bonds is 9. The maximum Gasteiger partial charge on any atom is 0.338 e. The molecule has 6 nitrogen and oxygen atoms in total. The minimum absolute atomic E-state index is 0.353. The van der Waals surface area contributed by atoms with Gasteiger partial charge in [-0.1, -0.05) is 30.3 Å². The van der Waals surface area contributed by atoms with E-state index in [0.717, 1.165) is 5.56 Å². The molecule has 0 radical (unpaired) electrons. The predicted molar refractivity (Wildman–Crippen MR) is 114 cm³/mol. The van der Waals surface area contributed by atoms with Crippen molar-refractivity contribution in [2.24, 2.45) is 0 Å². The van der Waals surface area contributed by atoms with Crippen LogP contribution in [0.5, 0.6) is 11.5 Å². The fourth-order valence-electron chi connectivity index (χ4n) is 2.64. The molecule has 30 heavy (non-hydrogen) atoms. The van der Waals surface area contributed by atoms with Gasteiger partial charge in [0.05, 0.1) is 12.2 Å². The molecule has 3 aromatic rings. The number of nitrogens with one attached hydrogen (secondary N) is 1. The molecule has 0 saturated heterocycles. The highest BCUT2D eigenvalue weighted by molar-refractivity contribution is 5.95. The Bertz CT molecular complexity index is 953. The van der Waals surface area contributed by atoms with Crippen LogP contribution >= 0.6 is 0 Å². The van der Waals surface area contributed by atoms with Gasteiger partial charge >= 0.3 is 5.97 Å². The lowest BCUT2D eigenvalue weighted by Gasteiger charge is -2.09. The van der Waals surface area contributed by atoms with Gasteiger partial charge in [-0.15, -0.1) is 0 Å². The van der Waals surface area contributed by atoms with E-state index < -0.39 is 11.9 Å². The summed E-state index contributed by atoms with van der Waals surface area (Å²) in [7, 11) is 0. The predicted octanol–water partition coefficient (Wildman–Crippen LogP) is 4.46. The van der Waals surface area contributed by atoms with E-state index in [2.05, 4.69) is 5.32 Å². The van der Waals surface area contributed by atoms with Crippen molar-refractivity contribution in [1.82, 2.24) is 0 Å². The zero-order chi connectivity index (χ0) is 21.2. The largest absolute Gasteiger partial charge is 0.494 e. The number of ether oxygens (including phenoxy) is 3. The van der Waals surface area contributed by atoms with Crippen LogP contribution in [-0.2, 0) is 16.1 Å². The number of carbonyl (C=O) groups excluding carboxylic acids is 2. The van der Waals surface area contributed by atoms with E-state index in [-0.39, 0.29) is 6.61 Å². The lowest BCUT2D eigenvalue weighted by atomic mass is 10.2. The molecule has 3 aromatic carbocycles. The first-order valence-corrected chi connectivity index (χ1v) is 9.60. The molecule has 3 rings (SSSR count). The van der Waals surface area contributed by atoms with Gasteiger partial charge in [0.25, 0.3) is 5.91 Å². The first-order valence-electron chi connectivity index (χ1n) is 9.60. The SMILES string of the molecule is CCOc1ccc(C(=O)OCC(=O)Nc2ccc(OCc3ccccc3)cc2)cc1. The van der Waals surface area contributed by atoms with Gasteiger partial charge in [0.2, 0.25) is 0 Å². The molecular weight excluding hydrogens is 382 g/mol. The Hall–Kier alpha value is -3.80. The van der Waals surface area contributed by atoms with Gasteiger partial charge in [-0.25, -0.2) is 4.79 Å². The maximum absolute atomic E-state index is 12.0. The van der Waals surface area contributed by atoms with E-state index in [4.69, 9.17) is 14.2 Å². The Morgan fingerprint density at radius 1 is 0.800 bits per heavy atom. The van der Waals surface area contributed by atoms with E-state index in [1.54, 1.807) is 48.5 Å². The minimum Gasteiger partial charge on any atom is -0.494 e. The monoisotopic (exact) mass is 405 g/mol. The second-order valence-electron chi connectivity index (χ2n) is 6.38. The van der Waals surface area contributed by atoms with Crippen molar-refractivity contribution >= 4 is 17.6 Å². The zero-order valence-corrected chi connectivity index (χ0v) is 16.7. The number of carbonyl (C=O) groups is 2. The van der Waals surface area contributed by atoms with Crippen molar-refractivity contribution in [2.75, 3.05) is 18.5 Å². The maximum atomic E-state index is 12.0. The van der Waals surface area contributed by atoms with Crippen LogP contribution in [0.4, 0.5) is 5.69 Å². The third-order valence-electron chi connectivity index (χ3n) is 4.12. The van der Waals surface area contributed by atoms with Gasteiger partial charge in [-0.2, -0.15) is 0 Å². The molecule has 0 unspecified atom stereocenters. The average Bonchev–Trinajstić information content (AvgIpc) is 2.78. The molecule has 6 heteroatoms. The number of hydrogen-bond donors (Lipinski definition) is 1. The van der Waals surface area contributed by atoms with Crippen LogP contribution in [0, 0.1) is 0 Å². The quantitative estimate of drug-likeness (QED) is 0.532. The third kappa shape index (κ3) is 6.38. The van der Waals surface area contributed by atoms with Crippen molar-refractivity contribution in [3.63, 3.8) is 0 Å². The first-order chi connectivity index (χ1) is 14.6. The molecule has 0 aliphatic rings. The Labute approximate surface area is 175 Å². The average molecular weight is 405 g/mol. The van der Waals surface area contributed by atoms with Crippen LogP contribution in [0.2, 0.25) is 0 Å². The van der Waals surface area contributed by atoms with E-state index in [9.17, 15) is 9.59 Å². The zero-order valence-electron chi connectivity index (χ0n) is 16.7. The number of benzene rings is 3. The van der Waals surface area contributed by atoms with Crippen LogP contribution in [0.3, 0.4) is 0 Å². The van der Waals surface area contributed by atoms with Crippen molar-refractivity contribution < 1.29 is 23.8 Å². The summed E-state index contributed by atoms with van der Waals surface area (Å²) in [5.74, 6) is 0.367. The highest BCUT2D eigenvalue weighted by Crippen LogP contribution is 2.17. The summed E-state index contributed by atoms with van der Waals surface area (Å²) in [6.07, 6.45) is 0. The van der Waals surface area contributed by atoms with Crippen LogP contribution in [0.1, 0.15) is 22.8 Å². The van der Waals surface area contributed by atoms with Gasteiger partial charge < -0.3 is 19.5 Å². The van der Waals surface area contributed by atoms with E-state index in [0.29, 0.717) is 36.0 Å². The number of esters is 1. The van der Waals surface area contributed by atoms with Crippen molar-refractivity contribution in [1.29, 1.82) is 0 Å². The van der Waals surface area contributed by atoms with Gasteiger partial charge in [-0.05, 0) is 61.0 Å². The lowest BCUT2D eigenvalue weighted by Crippen LogP contribution is -2.20.